The van der Waals surface area contributed by atoms with Gasteiger partial charge >= 0.3 is 150 Å². The van der Waals surface area contributed by atoms with Gasteiger partial charge in [0.1, 0.15) is 0 Å². The summed E-state index contributed by atoms with van der Waals surface area (Å²) >= 11 is -0.352. The molecular formula is C15H30N2O2Se2Si. The molecule has 4 nitrogen and oxygen atoms in total. The molecule has 0 saturated heterocycles. The van der Waals surface area contributed by atoms with Crippen LogP contribution in [-0.2, 0) is 0 Å². The molecule has 0 aromatic rings. The Labute approximate surface area is 149 Å². The molecule has 0 saturated carbocycles. The van der Waals surface area contributed by atoms with Crippen molar-refractivity contribution in [1.29, 1.82) is 0 Å². The van der Waals surface area contributed by atoms with Crippen LogP contribution in [0.1, 0.15) is 27.7 Å². The molecule has 0 bridgehead atoms. The van der Waals surface area contributed by atoms with Crippen LogP contribution >= 0.6 is 0 Å². The average molecular weight is 456 g/mol. The molecule has 0 aliphatic heterocycles. The van der Waals surface area contributed by atoms with E-state index in [1.807, 2.05) is 37.5 Å². The molecule has 0 aromatic carbocycles. The van der Waals surface area contributed by atoms with E-state index in [1.54, 1.807) is 0 Å². The second kappa shape index (κ2) is 10.7. The molecule has 0 rings (SSSR count). The molecule has 0 fully saturated rings. The van der Waals surface area contributed by atoms with E-state index in [1.165, 1.54) is 4.09 Å². The summed E-state index contributed by atoms with van der Waals surface area (Å²) in [5.74, 6) is 0. The van der Waals surface area contributed by atoms with Gasteiger partial charge in [0.05, 0.1) is 0 Å². The van der Waals surface area contributed by atoms with Crippen molar-refractivity contribution in [1.82, 2.24) is 9.80 Å². The molecule has 128 valence electrons. The number of nitrogens with zero attached hydrogens (tertiary/aromatic N) is 2. The molecule has 0 spiro atoms. The summed E-state index contributed by atoms with van der Waals surface area (Å²) in [6, 6.07) is 0. The van der Waals surface area contributed by atoms with E-state index in [-0.39, 0.29) is 39.5 Å². The summed E-state index contributed by atoms with van der Waals surface area (Å²) in [4.78, 5) is 31.0. The molecule has 0 radical (unpaired) electrons. The third kappa shape index (κ3) is 7.47. The summed E-state index contributed by atoms with van der Waals surface area (Å²) in [7, 11) is -1.56. The molecule has 0 N–H and O–H groups in total. The van der Waals surface area contributed by atoms with Crippen molar-refractivity contribution in [3.63, 3.8) is 0 Å². The van der Waals surface area contributed by atoms with Gasteiger partial charge in [-0.05, 0) is 0 Å². The number of rotatable bonds is 9. The minimum atomic E-state index is -1.56. The Hall–Kier alpha value is -0.0642. The molecule has 7 heteroatoms. The van der Waals surface area contributed by atoms with Crippen molar-refractivity contribution in [2.45, 2.75) is 47.3 Å². The first-order chi connectivity index (χ1) is 10.2. The van der Waals surface area contributed by atoms with Crippen LogP contribution in [0.15, 0.2) is 9.07 Å². The van der Waals surface area contributed by atoms with Crippen LogP contribution in [0.2, 0.25) is 19.6 Å². The summed E-state index contributed by atoms with van der Waals surface area (Å²) < 4.78 is 1.28. The zero-order chi connectivity index (χ0) is 17.3. The third-order valence-corrected chi connectivity index (χ3v) is 13.8. The van der Waals surface area contributed by atoms with Crippen LogP contribution in [0.3, 0.4) is 0 Å². The molecule has 0 unspecified atom stereocenters. The van der Waals surface area contributed by atoms with Crippen molar-refractivity contribution in [2.24, 2.45) is 0 Å². The van der Waals surface area contributed by atoms with Crippen molar-refractivity contribution in [3.05, 3.63) is 9.07 Å². The fourth-order valence-corrected chi connectivity index (χ4v) is 10.9. The fraction of sp³-hybridized carbons (Fsp3) is 0.733. The summed E-state index contributed by atoms with van der Waals surface area (Å²) in [5, 5.41) is 0. The van der Waals surface area contributed by atoms with Crippen LogP contribution in [-0.4, -0.2) is 83.6 Å². The average Bonchev–Trinajstić information content (AvgIpc) is 2.44. The Morgan fingerprint density at radius 1 is 0.864 bits per heavy atom. The fourth-order valence-electron chi connectivity index (χ4n) is 1.65. The summed E-state index contributed by atoms with van der Waals surface area (Å²) in [6.45, 7) is 17.9. The van der Waals surface area contributed by atoms with Crippen LogP contribution < -0.4 is 0 Å². The Balaban J connectivity index is 5.04. The van der Waals surface area contributed by atoms with Gasteiger partial charge in [0, 0.05) is 0 Å². The van der Waals surface area contributed by atoms with Gasteiger partial charge in [-0.2, -0.15) is 0 Å². The Bertz CT molecular complexity index is 401. The normalized spacial score (nSPS) is 12.2. The SMILES string of the molecule is CCN(CC)C(=O)[Se]/C=C(/[Se]C(=O)N(CC)CC)[Si](C)(C)C. The van der Waals surface area contributed by atoms with E-state index < -0.39 is 8.07 Å². The monoisotopic (exact) mass is 458 g/mol. The summed E-state index contributed by atoms with van der Waals surface area (Å²) in [6.07, 6.45) is 0. The molecule has 2 amide bonds. The second-order valence-corrected chi connectivity index (χ2v) is 15.5. The first-order valence-electron chi connectivity index (χ1n) is 7.84. The van der Waals surface area contributed by atoms with Crippen molar-refractivity contribution in [2.75, 3.05) is 26.2 Å². The standard InChI is InChI=1S/C15H30N2O2Se2Si/c1-8-16(9-2)14(18)20-12-13(22(5,6)7)21-15(19)17(10-3)11-4/h12H,8-11H2,1-7H3/b13-12-. The molecule has 0 aliphatic carbocycles. The zero-order valence-corrected chi connectivity index (χ0v) is 19.4. The van der Waals surface area contributed by atoms with Gasteiger partial charge in [0.25, 0.3) is 0 Å². The Morgan fingerprint density at radius 2 is 1.27 bits per heavy atom. The molecule has 0 atom stereocenters. The van der Waals surface area contributed by atoms with Crippen molar-refractivity contribution >= 4 is 47.6 Å². The van der Waals surface area contributed by atoms with E-state index in [0.717, 1.165) is 26.2 Å². The van der Waals surface area contributed by atoms with Crippen LogP contribution in [0, 0.1) is 0 Å². The number of hydrogen-bond acceptors (Lipinski definition) is 2. The van der Waals surface area contributed by atoms with Crippen molar-refractivity contribution in [3.8, 4) is 0 Å². The number of amides is 2. The molecule has 22 heavy (non-hydrogen) atoms. The van der Waals surface area contributed by atoms with Gasteiger partial charge in [-0.25, -0.2) is 0 Å². The maximum atomic E-state index is 12.4. The van der Waals surface area contributed by atoms with E-state index in [9.17, 15) is 9.59 Å². The topological polar surface area (TPSA) is 40.6 Å². The number of carbonyl (C=O) groups excluding carboxylic acids is 2. The first-order valence-corrected chi connectivity index (χ1v) is 14.9. The quantitative estimate of drug-likeness (QED) is 0.501. The van der Waals surface area contributed by atoms with Crippen LogP contribution in [0.5, 0.6) is 0 Å². The number of carbonyl (C=O) groups is 2. The molecule has 0 aromatic heterocycles. The maximum absolute atomic E-state index is 12.4. The molecule has 0 heterocycles. The molecule has 0 aliphatic rings. The van der Waals surface area contributed by atoms with Gasteiger partial charge in [-0.3, -0.25) is 0 Å². The van der Waals surface area contributed by atoms with Gasteiger partial charge < -0.3 is 0 Å². The Kier molecular flexibility index (Phi) is 10.6. The van der Waals surface area contributed by atoms with Crippen molar-refractivity contribution < 1.29 is 9.59 Å². The van der Waals surface area contributed by atoms with E-state index in [4.69, 9.17) is 0 Å². The third-order valence-electron chi connectivity index (χ3n) is 3.25. The summed E-state index contributed by atoms with van der Waals surface area (Å²) in [5.41, 5.74) is 0. The van der Waals surface area contributed by atoms with Gasteiger partial charge in [-0.15, -0.1) is 0 Å². The number of hydrogen-bond donors (Lipinski definition) is 0. The van der Waals surface area contributed by atoms with Gasteiger partial charge in [0.15, 0.2) is 0 Å². The predicted octanol–water partition coefficient (Wildman–Crippen LogP) is 3.04. The van der Waals surface area contributed by atoms with Gasteiger partial charge in [-0.1, -0.05) is 0 Å². The van der Waals surface area contributed by atoms with Gasteiger partial charge in [0.2, 0.25) is 0 Å². The first kappa shape index (κ1) is 21.9. The second-order valence-electron chi connectivity index (χ2n) is 5.83. The van der Waals surface area contributed by atoms with E-state index in [0.29, 0.717) is 0 Å². The Morgan fingerprint density at radius 3 is 1.64 bits per heavy atom. The van der Waals surface area contributed by atoms with E-state index in [2.05, 4.69) is 24.6 Å². The molecular weight excluding hydrogens is 426 g/mol. The minimum absolute atomic E-state index is 0.165. The predicted molar refractivity (Wildman–Crippen MR) is 99.6 cm³/mol. The zero-order valence-electron chi connectivity index (χ0n) is 14.9. The van der Waals surface area contributed by atoms with Crippen LogP contribution in [0.25, 0.3) is 0 Å². The van der Waals surface area contributed by atoms with Crippen LogP contribution in [0.4, 0.5) is 9.59 Å². The van der Waals surface area contributed by atoms with E-state index >= 15 is 0 Å².